The van der Waals surface area contributed by atoms with Gasteiger partial charge in [0.15, 0.2) is 0 Å². The number of rotatable bonds is 4. The minimum absolute atomic E-state index is 0.250. The Kier molecular flexibility index (Phi) is 2.91. The van der Waals surface area contributed by atoms with Crippen LogP contribution < -0.4 is 0 Å². The molecule has 0 radical (unpaired) electrons. The Bertz CT molecular complexity index is 241. The third kappa shape index (κ3) is 2.42. The van der Waals surface area contributed by atoms with Crippen LogP contribution in [0.25, 0.3) is 0 Å². The van der Waals surface area contributed by atoms with Crippen molar-refractivity contribution >= 4 is 5.97 Å². The van der Waals surface area contributed by atoms with Crippen LogP contribution in [0.2, 0.25) is 0 Å². The van der Waals surface area contributed by atoms with Gasteiger partial charge in [0.05, 0.1) is 5.92 Å². The largest absolute Gasteiger partial charge is 0.481 e. The van der Waals surface area contributed by atoms with E-state index in [0.717, 1.165) is 6.42 Å². The molecule has 0 saturated carbocycles. The predicted octanol–water partition coefficient (Wildman–Crippen LogP) is 1.67. The molecule has 12 heavy (non-hydrogen) atoms. The fourth-order valence-electron chi connectivity index (χ4n) is 1.02. The molecule has 1 aromatic heterocycles. The molecule has 0 aliphatic carbocycles. The Morgan fingerprint density at radius 2 is 2.50 bits per heavy atom. The summed E-state index contributed by atoms with van der Waals surface area (Å²) >= 11 is 0. The van der Waals surface area contributed by atoms with Crippen molar-refractivity contribution in [3.05, 3.63) is 24.0 Å². The maximum Gasteiger partial charge on any atom is 0.306 e. The lowest BCUT2D eigenvalue weighted by Gasteiger charge is -2.03. The number of aryl methyl sites for hydroxylation is 1. The maximum absolute atomic E-state index is 10.5. The van der Waals surface area contributed by atoms with E-state index in [2.05, 4.69) is 4.98 Å². The van der Waals surface area contributed by atoms with Crippen molar-refractivity contribution < 1.29 is 9.90 Å². The summed E-state index contributed by atoms with van der Waals surface area (Å²) in [5.41, 5.74) is 1.17. The summed E-state index contributed by atoms with van der Waals surface area (Å²) in [7, 11) is 0. The van der Waals surface area contributed by atoms with Gasteiger partial charge in [0.2, 0.25) is 0 Å². The molecule has 0 fully saturated rings. The van der Waals surface area contributed by atoms with Crippen molar-refractivity contribution in [2.24, 2.45) is 5.92 Å². The van der Waals surface area contributed by atoms with Gasteiger partial charge in [-0.1, -0.05) is 6.92 Å². The topological polar surface area (TPSA) is 53.1 Å². The van der Waals surface area contributed by atoms with Crippen LogP contribution in [-0.4, -0.2) is 16.1 Å². The Hall–Kier alpha value is -1.25. The molecule has 0 spiro atoms. The Morgan fingerprint density at radius 1 is 1.75 bits per heavy atom. The zero-order chi connectivity index (χ0) is 8.97. The van der Waals surface area contributed by atoms with Crippen LogP contribution in [0.1, 0.15) is 18.9 Å². The second-order valence-corrected chi connectivity index (χ2v) is 3.00. The maximum atomic E-state index is 10.5. The molecule has 1 aromatic rings. The zero-order valence-electron chi connectivity index (χ0n) is 7.08. The Labute approximate surface area is 71.4 Å². The highest BCUT2D eigenvalue weighted by molar-refractivity contribution is 5.69. The number of aromatic amines is 1. The average molecular weight is 167 g/mol. The normalized spacial score (nSPS) is 12.8. The number of H-pyrrole nitrogens is 1. The summed E-state index contributed by atoms with van der Waals surface area (Å²) in [6, 6.07) is 1.97. The SMILES string of the molecule is CC(CCc1cc[nH]c1)C(=O)O. The van der Waals surface area contributed by atoms with E-state index >= 15 is 0 Å². The third-order valence-electron chi connectivity index (χ3n) is 1.95. The first-order valence-corrected chi connectivity index (χ1v) is 4.04. The average Bonchev–Trinajstić information content (AvgIpc) is 2.51. The number of nitrogens with one attached hydrogen (secondary N) is 1. The van der Waals surface area contributed by atoms with E-state index < -0.39 is 5.97 Å². The fourth-order valence-corrected chi connectivity index (χ4v) is 1.02. The molecule has 1 unspecified atom stereocenters. The lowest BCUT2D eigenvalue weighted by atomic mass is 10.0. The predicted molar refractivity (Wildman–Crippen MR) is 45.9 cm³/mol. The molecule has 3 heteroatoms. The van der Waals surface area contributed by atoms with Crippen LogP contribution >= 0.6 is 0 Å². The molecule has 66 valence electrons. The molecule has 1 heterocycles. The van der Waals surface area contributed by atoms with Crippen LogP contribution in [0.15, 0.2) is 18.5 Å². The second-order valence-electron chi connectivity index (χ2n) is 3.00. The standard InChI is InChI=1S/C9H13NO2/c1-7(9(11)12)2-3-8-4-5-10-6-8/h4-7,10H,2-3H2,1H3,(H,11,12). The number of hydrogen-bond donors (Lipinski definition) is 2. The van der Waals surface area contributed by atoms with E-state index in [0.29, 0.717) is 6.42 Å². The van der Waals surface area contributed by atoms with Crippen molar-refractivity contribution in [3.63, 3.8) is 0 Å². The first-order valence-electron chi connectivity index (χ1n) is 4.04. The molecule has 0 aliphatic rings. The van der Waals surface area contributed by atoms with E-state index in [1.54, 1.807) is 6.92 Å². The monoisotopic (exact) mass is 167 g/mol. The van der Waals surface area contributed by atoms with Crippen LogP contribution in [-0.2, 0) is 11.2 Å². The first-order chi connectivity index (χ1) is 5.70. The summed E-state index contributed by atoms with van der Waals surface area (Å²) in [4.78, 5) is 13.4. The molecule has 1 atom stereocenters. The van der Waals surface area contributed by atoms with Gasteiger partial charge in [-0.2, -0.15) is 0 Å². The molecule has 0 saturated heterocycles. The van der Waals surface area contributed by atoms with E-state index in [1.807, 2.05) is 18.5 Å². The van der Waals surface area contributed by atoms with E-state index in [4.69, 9.17) is 5.11 Å². The van der Waals surface area contributed by atoms with Crippen molar-refractivity contribution in [1.29, 1.82) is 0 Å². The van der Waals surface area contributed by atoms with Gasteiger partial charge in [-0.05, 0) is 24.5 Å². The van der Waals surface area contributed by atoms with Gasteiger partial charge in [-0.3, -0.25) is 4.79 Å². The Morgan fingerprint density at radius 3 is 3.00 bits per heavy atom. The van der Waals surface area contributed by atoms with Gasteiger partial charge in [0.1, 0.15) is 0 Å². The third-order valence-corrected chi connectivity index (χ3v) is 1.95. The first kappa shape index (κ1) is 8.84. The second kappa shape index (κ2) is 3.95. The molecule has 1 rings (SSSR count). The molecular weight excluding hydrogens is 154 g/mol. The number of carboxylic acid groups (broad SMARTS) is 1. The van der Waals surface area contributed by atoms with E-state index in [1.165, 1.54) is 5.56 Å². The van der Waals surface area contributed by atoms with Crippen molar-refractivity contribution in [3.8, 4) is 0 Å². The zero-order valence-corrected chi connectivity index (χ0v) is 7.08. The summed E-state index contributed by atoms with van der Waals surface area (Å²) in [6.07, 6.45) is 5.28. The molecule has 3 nitrogen and oxygen atoms in total. The molecular formula is C9H13NO2. The van der Waals surface area contributed by atoms with Crippen molar-refractivity contribution in [2.75, 3.05) is 0 Å². The fraction of sp³-hybridized carbons (Fsp3) is 0.444. The van der Waals surface area contributed by atoms with Crippen LogP contribution in [0.5, 0.6) is 0 Å². The lowest BCUT2D eigenvalue weighted by Crippen LogP contribution is -2.09. The van der Waals surface area contributed by atoms with Gasteiger partial charge in [-0.25, -0.2) is 0 Å². The number of aliphatic carboxylic acids is 1. The minimum atomic E-state index is -0.717. The number of carbonyl (C=O) groups is 1. The molecule has 0 aromatic carbocycles. The smallest absolute Gasteiger partial charge is 0.306 e. The van der Waals surface area contributed by atoms with Crippen LogP contribution in [0.3, 0.4) is 0 Å². The van der Waals surface area contributed by atoms with Crippen LogP contribution in [0, 0.1) is 5.92 Å². The highest BCUT2D eigenvalue weighted by Crippen LogP contribution is 2.08. The Balaban J connectivity index is 2.31. The van der Waals surface area contributed by atoms with Gasteiger partial charge in [0, 0.05) is 12.4 Å². The lowest BCUT2D eigenvalue weighted by molar-refractivity contribution is -0.141. The highest BCUT2D eigenvalue weighted by atomic mass is 16.4. The number of hydrogen-bond acceptors (Lipinski definition) is 1. The van der Waals surface area contributed by atoms with Gasteiger partial charge >= 0.3 is 5.97 Å². The molecule has 0 amide bonds. The van der Waals surface area contributed by atoms with E-state index in [9.17, 15) is 4.79 Å². The summed E-state index contributed by atoms with van der Waals surface area (Å²) in [5.74, 6) is -0.967. The van der Waals surface area contributed by atoms with Crippen LogP contribution in [0.4, 0.5) is 0 Å². The van der Waals surface area contributed by atoms with Crippen molar-refractivity contribution in [2.45, 2.75) is 19.8 Å². The summed E-state index contributed by atoms with van der Waals surface area (Å²) in [6.45, 7) is 1.73. The summed E-state index contributed by atoms with van der Waals surface area (Å²) < 4.78 is 0. The summed E-state index contributed by atoms with van der Waals surface area (Å²) in [5, 5.41) is 8.60. The van der Waals surface area contributed by atoms with E-state index in [-0.39, 0.29) is 5.92 Å². The molecule has 2 N–H and O–H groups in total. The highest BCUT2D eigenvalue weighted by Gasteiger charge is 2.09. The number of aromatic nitrogens is 1. The molecule has 0 aliphatic heterocycles. The van der Waals surface area contributed by atoms with Crippen molar-refractivity contribution in [1.82, 2.24) is 4.98 Å². The quantitative estimate of drug-likeness (QED) is 0.716. The van der Waals surface area contributed by atoms with Gasteiger partial charge in [0.25, 0.3) is 0 Å². The van der Waals surface area contributed by atoms with Gasteiger partial charge in [-0.15, -0.1) is 0 Å². The molecule has 0 bridgehead atoms. The minimum Gasteiger partial charge on any atom is -0.481 e. The van der Waals surface area contributed by atoms with Gasteiger partial charge < -0.3 is 10.1 Å². The number of carboxylic acids is 1.